The predicted octanol–water partition coefficient (Wildman–Crippen LogP) is 2.48. The van der Waals surface area contributed by atoms with Crippen LogP contribution in [0.2, 0.25) is 0 Å². The Morgan fingerprint density at radius 1 is 1.21 bits per heavy atom. The van der Waals surface area contributed by atoms with Gasteiger partial charge in [0.05, 0.1) is 0 Å². The van der Waals surface area contributed by atoms with Gasteiger partial charge in [0, 0.05) is 5.92 Å². The number of piperidine rings is 1. The van der Waals surface area contributed by atoms with E-state index < -0.39 is 0 Å². The van der Waals surface area contributed by atoms with E-state index in [1.54, 1.807) is 0 Å². The third kappa shape index (κ3) is 4.23. The van der Waals surface area contributed by atoms with Crippen LogP contribution in [0.4, 0.5) is 0 Å². The molecule has 0 amide bonds. The Balaban J connectivity index is 2.01. The summed E-state index contributed by atoms with van der Waals surface area (Å²) >= 11 is 0. The minimum absolute atomic E-state index is 0.349. The molecule has 0 aromatic carbocycles. The van der Waals surface area contributed by atoms with Gasteiger partial charge in [-0.05, 0) is 38.9 Å². The van der Waals surface area contributed by atoms with Crippen LogP contribution in [0, 0.1) is 5.92 Å². The molecule has 14 heavy (non-hydrogen) atoms. The lowest BCUT2D eigenvalue weighted by Gasteiger charge is -2.29. The normalized spacial score (nSPS) is 19.8. The fourth-order valence-corrected chi connectivity index (χ4v) is 2.07. The molecule has 1 aliphatic rings. The van der Waals surface area contributed by atoms with Gasteiger partial charge >= 0.3 is 0 Å². The van der Waals surface area contributed by atoms with Crippen LogP contribution < -0.4 is 0 Å². The smallest absolute Gasteiger partial charge is 0.123 e. The lowest BCUT2D eigenvalue weighted by Crippen LogP contribution is -2.34. The van der Waals surface area contributed by atoms with Crippen molar-refractivity contribution in [3.05, 3.63) is 0 Å². The molecule has 0 N–H and O–H groups in total. The summed E-state index contributed by atoms with van der Waals surface area (Å²) in [7, 11) is 0. The standard InChI is InChI=1S/C12H23NO/c1-2-3-4-5-8-13-9-6-12(11-14)7-10-13/h11-12H,2-10H2,1H3. The van der Waals surface area contributed by atoms with Crippen LogP contribution >= 0.6 is 0 Å². The van der Waals surface area contributed by atoms with Crippen LogP contribution in [-0.4, -0.2) is 30.8 Å². The van der Waals surface area contributed by atoms with Gasteiger partial charge < -0.3 is 9.69 Å². The summed E-state index contributed by atoms with van der Waals surface area (Å²) in [5.41, 5.74) is 0. The largest absolute Gasteiger partial charge is 0.303 e. The number of carbonyl (C=O) groups excluding carboxylic acids is 1. The van der Waals surface area contributed by atoms with E-state index in [2.05, 4.69) is 11.8 Å². The summed E-state index contributed by atoms with van der Waals surface area (Å²) in [6.45, 7) is 5.76. The van der Waals surface area contributed by atoms with Crippen LogP contribution in [0.1, 0.15) is 45.4 Å². The first-order chi connectivity index (χ1) is 6.86. The van der Waals surface area contributed by atoms with Gasteiger partial charge in [-0.15, -0.1) is 0 Å². The van der Waals surface area contributed by atoms with Gasteiger partial charge in [-0.1, -0.05) is 26.2 Å². The molecule has 1 aliphatic heterocycles. The van der Waals surface area contributed by atoms with Gasteiger partial charge in [0.15, 0.2) is 0 Å². The van der Waals surface area contributed by atoms with Gasteiger partial charge in [0.1, 0.15) is 6.29 Å². The van der Waals surface area contributed by atoms with Crippen LogP contribution in [0.3, 0.4) is 0 Å². The maximum absolute atomic E-state index is 10.5. The molecular formula is C12H23NO. The minimum Gasteiger partial charge on any atom is -0.303 e. The monoisotopic (exact) mass is 197 g/mol. The molecule has 1 rings (SSSR count). The highest BCUT2D eigenvalue weighted by Gasteiger charge is 2.17. The van der Waals surface area contributed by atoms with Crippen LogP contribution in [0.15, 0.2) is 0 Å². The van der Waals surface area contributed by atoms with E-state index in [1.165, 1.54) is 32.2 Å². The van der Waals surface area contributed by atoms with E-state index in [0.717, 1.165) is 32.2 Å². The molecule has 0 radical (unpaired) electrons. The van der Waals surface area contributed by atoms with Crippen LogP contribution in [0.5, 0.6) is 0 Å². The van der Waals surface area contributed by atoms with Crippen LogP contribution in [0.25, 0.3) is 0 Å². The van der Waals surface area contributed by atoms with E-state index in [-0.39, 0.29) is 0 Å². The Bertz CT molecular complexity index is 150. The second-order valence-corrected chi connectivity index (χ2v) is 4.38. The summed E-state index contributed by atoms with van der Waals surface area (Å²) in [6, 6.07) is 0. The SMILES string of the molecule is CCCCCCN1CCC(C=O)CC1. The first-order valence-corrected chi connectivity index (χ1v) is 6.04. The van der Waals surface area contributed by atoms with Crippen molar-refractivity contribution >= 4 is 6.29 Å². The van der Waals surface area contributed by atoms with Gasteiger partial charge in [-0.25, -0.2) is 0 Å². The summed E-state index contributed by atoms with van der Waals surface area (Å²) in [4.78, 5) is 13.1. The van der Waals surface area contributed by atoms with Crippen molar-refractivity contribution in [3.8, 4) is 0 Å². The van der Waals surface area contributed by atoms with Crippen molar-refractivity contribution in [3.63, 3.8) is 0 Å². The molecule has 1 fully saturated rings. The van der Waals surface area contributed by atoms with Gasteiger partial charge in [0.25, 0.3) is 0 Å². The minimum atomic E-state index is 0.349. The van der Waals surface area contributed by atoms with E-state index in [1.807, 2.05) is 0 Å². The topological polar surface area (TPSA) is 20.3 Å². The number of rotatable bonds is 6. The summed E-state index contributed by atoms with van der Waals surface area (Å²) in [5, 5.41) is 0. The summed E-state index contributed by atoms with van der Waals surface area (Å²) < 4.78 is 0. The van der Waals surface area contributed by atoms with Crippen molar-refractivity contribution in [2.45, 2.75) is 45.4 Å². The van der Waals surface area contributed by atoms with Crippen molar-refractivity contribution in [1.82, 2.24) is 4.90 Å². The summed E-state index contributed by atoms with van der Waals surface area (Å²) in [5.74, 6) is 0.349. The zero-order valence-electron chi connectivity index (χ0n) is 9.37. The summed E-state index contributed by atoms with van der Waals surface area (Å²) in [6.07, 6.45) is 8.67. The molecule has 1 heterocycles. The lowest BCUT2D eigenvalue weighted by molar-refractivity contribution is -0.112. The molecule has 0 saturated carbocycles. The second-order valence-electron chi connectivity index (χ2n) is 4.38. The molecule has 0 bridgehead atoms. The van der Waals surface area contributed by atoms with E-state index >= 15 is 0 Å². The number of hydrogen-bond donors (Lipinski definition) is 0. The Kier molecular flexibility index (Phi) is 5.85. The van der Waals surface area contributed by atoms with Crippen LogP contribution in [-0.2, 0) is 4.79 Å². The molecule has 0 aromatic rings. The average Bonchev–Trinajstić information content (AvgIpc) is 2.25. The number of unbranched alkanes of at least 4 members (excludes halogenated alkanes) is 3. The fraction of sp³-hybridized carbons (Fsp3) is 0.917. The number of nitrogens with zero attached hydrogens (tertiary/aromatic N) is 1. The fourth-order valence-electron chi connectivity index (χ4n) is 2.07. The number of carbonyl (C=O) groups is 1. The van der Waals surface area contributed by atoms with Crippen molar-refractivity contribution < 1.29 is 4.79 Å². The highest BCUT2D eigenvalue weighted by molar-refractivity contribution is 5.53. The molecule has 0 aliphatic carbocycles. The number of aldehydes is 1. The predicted molar refractivity (Wildman–Crippen MR) is 59.4 cm³/mol. The van der Waals surface area contributed by atoms with E-state index in [4.69, 9.17) is 0 Å². The third-order valence-electron chi connectivity index (χ3n) is 3.15. The first kappa shape index (κ1) is 11.7. The zero-order valence-corrected chi connectivity index (χ0v) is 9.37. The van der Waals surface area contributed by atoms with Gasteiger partial charge in [-0.3, -0.25) is 0 Å². The van der Waals surface area contributed by atoms with Gasteiger partial charge in [-0.2, -0.15) is 0 Å². The maximum Gasteiger partial charge on any atom is 0.123 e. The van der Waals surface area contributed by atoms with Crippen molar-refractivity contribution in [2.24, 2.45) is 5.92 Å². The molecule has 0 spiro atoms. The lowest BCUT2D eigenvalue weighted by atomic mass is 9.98. The molecule has 2 heteroatoms. The van der Waals surface area contributed by atoms with Crippen molar-refractivity contribution in [1.29, 1.82) is 0 Å². The van der Waals surface area contributed by atoms with E-state index in [9.17, 15) is 4.79 Å². The first-order valence-electron chi connectivity index (χ1n) is 6.04. The second kappa shape index (κ2) is 6.99. The molecule has 1 saturated heterocycles. The molecule has 0 atom stereocenters. The average molecular weight is 197 g/mol. The van der Waals surface area contributed by atoms with Crippen molar-refractivity contribution in [2.75, 3.05) is 19.6 Å². The molecular weight excluding hydrogens is 174 g/mol. The highest BCUT2D eigenvalue weighted by atomic mass is 16.1. The Morgan fingerprint density at radius 3 is 2.50 bits per heavy atom. The Hall–Kier alpha value is -0.370. The molecule has 2 nitrogen and oxygen atoms in total. The quantitative estimate of drug-likeness (QED) is 0.481. The van der Waals surface area contributed by atoms with Gasteiger partial charge in [0.2, 0.25) is 0 Å². The molecule has 82 valence electrons. The number of hydrogen-bond acceptors (Lipinski definition) is 2. The maximum atomic E-state index is 10.5. The molecule has 0 unspecified atom stereocenters. The number of likely N-dealkylation sites (tertiary alicyclic amines) is 1. The Labute approximate surface area is 87.7 Å². The highest BCUT2D eigenvalue weighted by Crippen LogP contribution is 2.15. The third-order valence-corrected chi connectivity index (χ3v) is 3.15. The zero-order chi connectivity index (χ0) is 10.2. The Morgan fingerprint density at radius 2 is 1.93 bits per heavy atom. The van der Waals surface area contributed by atoms with E-state index in [0.29, 0.717) is 5.92 Å². The molecule has 0 aromatic heterocycles.